The minimum atomic E-state index is -0.926. The van der Waals surface area contributed by atoms with Crippen molar-refractivity contribution in [3.63, 3.8) is 0 Å². The lowest BCUT2D eigenvalue weighted by atomic mass is 10.5. The van der Waals surface area contributed by atoms with Crippen molar-refractivity contribution < 1.29 is 14.6 Å². The Morgan fingerprint density at radius 1 is 1.69 bits per heavy atom. The molecule has 1 aliphatic rings. The lowest BCUT2D eigenvalue weighted by Crippen LogP contribution is -2.25. The zero-order valence-electron chi connectivity index (χ0n) is 7.18. The van der Waals surface area contributed by atoms with Gasteiger partial charge in [0.1, 0.15) is 6.61 Å². The Kier molecular flexibility index (Phi) is 6.26. The number of nitrogens with zero attached hydrogens (tertiary/aromatic N) is 2. The molecule has 0 aromatic carbocycles. The molecular formula is C7H13ClN2O3. The summed E-state index contributed by atoms with van der Waals surface area (Å²) in [7, 11) is 0. The van der Waals surface area contributed by atoms with Crippen LogP contribution in [0.5, 0.6) is 0 Å². The predicted molar refractivity (Wildman–Crippen MR) is 50.6 cm³/mol. The van der Waals surface area contributed by atoms with E-state index >= 15 is 0 Å². The molecule has 0 aromatic heterocycles. The number of halogens is 1. The minimum Gasteiger partial charge on any atom is -0.480 e. The molecule has 6 heteroatoms. The molecule has 0 saturated heterocycles. The summed E-state index contributed by atoms with van der Waals surface area (Å²) >= 11 is 0. The highest BCUT2D eigenvalue weighted by atomic mass is 35.5. The Hall–Kier alpha value is -0.810. The standard InChI is InChI=1S/C7H12N2O3.ClH/c10-7(11)5-12-4-3-9-2-1-8-6-9;/h6H,1-5H2,(H,10,11);1H. The van der Waals surface area contributed by atoms with Crippen LogP contribution < -0.4 is 0 Å². The van der Waals surface area contributed by atoms with Gasteiger partial charge in [-0.3, -0.25) is 4.99 Å². The van der Waals surface area contributed by atoms with Crippen molar-refractivity contribution >= 4 is 24.7 Å². The zero-order chi connectivity index (χ0) is 8.81. The third kappa shape index (κ3) is 5.43. The van der Waals surface area contributed by atoms with Crippen molar-refractivity contribution in [1.29, 1.82) is 0 Å². The van der Waals surface area contributed by atoms with Gasteiger partial charge in [-0.05, 0) is 0 Å². The van der Waals surface area contributed by atoms with E-state index in [0.29, 0.717) is 6.61 Å². The summed E-state index contributed by atoms with van der Waals surface area (Å²) in [6.07, 6.45) is 1.77. The number of aliphatic imine (C=N–C) groups is 1. The van der Waals surface area contributed by atoms with Gasteiger partial charge < -0.3 is 14.7 Å². The topological polar surface area (TPSA) is 62.1 Å². The van der Waals surface area contributed by atoms with Crippen LogP contribution in [0.2, 0.25) is 0 Å². The van der Waals surface area contributed by atoms with Gasteiger partial charge in [-0.2, -0.15) is 0 Å². The molecule has 0 atom stereocenters. The normalized spacial score (nSPS) is 14.3. The van der Waals surface area contributed by atoms with Crippen LogP contribution in [0.3, 0.4) is 0 Å². The summed E-state index contributed by atoms with van der Waals surface area (Å²) in [6.45, 7) is 2.69. The van der Waals surface area contributed by atoms with E-state index in [1.807, 2.05) is 4.90 Å². The molecule has 1 rings (SSSR count). The van der Waals surface area contributed by atoms with Crippen LogP contribution in [0, 0.1) is 0 Å². The van der Waals surface area contributed by atoms with E-state index in [1.165, 1.54) is 0 Å². The van der Waals surface area contributed by atoms with Gasteiger partial charge in [0.25, 0.3) is 0 Å². The van der Waals surface area contributed by atoms with Crippen molar-refractivity contribution in [2.45, 2.75) is 0 Å². The molecule has 0 fully saturated rings. The lowest BCUT2D eigenvalue weighted by molar-refractivity contribution is -0.142. The summed E-state index contributed by atoms with van der Waals surface area (Å²) < 4.78 is 4.85. The van der Waals surface area contributed by atoms with Gasteiger partial charge in [0.15, 0.2) is 0 Å². The number of hydrogen-bond donors (Lipinski definition) is 1. The molecule has 0 amide bonds. The van der Waals surface area contributed by atoms with E-state index in [4.69, 9.17) is 9.84 Å². The quantitative estimate of drug-likeness (QED) is 0.639. The van der Waals surface area contributed by atoms with Crippen LogP contribution in [0.15, 0.2) is 4.99 Å². The largest absolute Gasteiger partial charge is 0.480 e. The fourth-order valence-electron chi connectivity index (χ4n) is 0.928. The van der Waals surface area contributed by atoms with Crippen molar-refractivity contribution in [3.05, 3.63) is 0 Å². The summed E-state index contributed by atoms with van der Waals surface area (Å²) in [5, 5.41) is 8.24. The summed E-state index contributed by atoms with van der Waals surface area (Å²) in [4.78, 5) is 16.0. The minimum absolute atomic E-state index is 0. The average Bonchev–Trinajstić information content (AvgIpc) is 2.49. The maximum absolute atomic E-state index is 10.0. The highest BCUT2D eigenvalue weighted by molar-refractivity contribution is 5.85. The Morgan fingerprint density at radius 3 is 3.00 bits per heavy atom. The van der Waals surface area contributed by atoms with E-state index in [1.54, 1.807) is 6.34 Å². The highest BCUT2D eigenvalue weighted by Crippen LogP contribution is 1.91. The molecule has 0 saturated carbocycles. The maximum atomic E-state index is 10.0. The molecule has 0 unspecified atom stereocenters. The Balaban J connectivity index is 0.00000144. The van der Waals surface area contributed by atoms with E-state index in [-0.39, 0.29) is 19.0 Å². The summed E-state index contributed by atoms with van der Waals surface area (Å²) in [6, 6.07) is 0. The highest BCUT2D eigenvalue weighted by Gasteiger charge is 2.04. The number of carboxylic acid groups (broad SMARTS) is 1. The molecule has 13 heavy (non-hydrogen) atoms. The fourth-order valence-corrected chi connectivity index (χ4v) is 0.928. The number of hydrogen-bond acceptors (Lipinski definition) is 4. The van der Waals surface area contributed by atoms with Crippen LogP contribution in [0.4, 0.5) is 0 Å². The molecule has 5 nitrogen and oxygen atoms in total. The number of rotatable bonds is 5. The average molecular weight is 209 g/mol. The first kappa shape index (κ1) is 12.2. The van der Waals surface area contributed by atoms with Gasteiger partial charge in [-0.25, -0.2) is 4.79 Å². The molecule has 0 aromatic rings. The number of carboxylic acids is 1. The van der Waals surface area contributed by atoms with Crippen LogP contribution >= 0.6 is 12.4 Å². The fraction of sp³-hybridized carbons (Fsp3) is 0.714. The molecule has 0 bridgehead atoms. The van der Waals surface area contributed by atoms with E-state index in [0.717, 1.165) is 19.6 Å². The lowest BCUT2D eigenvalue weighted by Gasteiger charge is -2.12. The Labute approximate surface area is 82.8 Å². The zero-order valence-corrected chi connectivity index (χ0v) is 8.00. The molecule has 1 N–H and O–H groups in total. The second kappa shape index (κ2) is 6.68. The SMILES string of the molecule is Cl.O=C(O)COCCN1C=NCC1. The molecule has 0 aliphatic carbocycles. The van der Waals surface area contributed by atoms with Gasteiger partial charge in [0.2, 0.25) is 0 Å². The number of ether oxygens (including phenoxy) is 1. The van der Waals surface area contributed by atoms with Gasteiger partial charge in [-0.15, -0.1) is 12.4 Å². The van der Waals surface area contributed by atoms with Crippen LogP contribution in [0.1, 0.15) is 0 Å². The molecular weight excluding hydrogens is 196 g/mol. The van der Waals surface area contributed by atoms with Crippen molar-refractivity contribution in [3.8, 4) is 0 Å². The maximum Gasteiger partial charge on any atom is 0.329 e. The molecule has 1 aliphatic heterocycles. The summed E-state index contributed by atoms with van der Waals surface area (Å²) in [5.41, 5.74) is 0. The first-order valence-electron chi connectivity index (χ1n) is 3.82. The third-order valence-corrected chi connectivity index (χ3v) is 1.51. The molecule has 0 radical (unpaired) electrons. The smallest absolute Gasteiger partial charge is 0.329 e. The van der Waals surface area contributed by atoms with Crippen LogP contribution in [-0.2, 0) is 9.53 Å². The first-order chi connectivity index (χ1) is 5.79. The molecule has 1 heterocycles. The van der Waals surface area contributed by atoms with Crippen LogP contribution in [0.25, 0.3) is 0 Å². The second-order valence-corrected chi connectivity index (χ2v) is 2.50. The third-order valence-electron chi connectivity index (χ3n) is 1.51. The van der Waals surface area contributed by atoms with Crippen molar-refractivity contribution in [2.75, 3.05) is 32.8 Å². The van der Waals surface area contributed by atoms with Crippen molar-refractivity contribution in [2.24, 2.45) is 4.99 Å². The van der Waals surface area contributed by atoms with Crippen molar-refractivity contribution in [1.82, 2.24) is 4.90 Å². The van der Waals surface area contributed by atoms with Gasteiger partial charge in [0, 0.05) is 13.1 Å². The first-order valence-corrected chi connectivity index (χ1v) is 3.82. The second-order valence-electron chi connectivity index (χ2n) is 2.50. The van der Waals surface area contributed by atoms with Gasteiger partial charge >= 0.3 is 5.97 Å². The number of carbonyl (C=O) groups is 1. The van der Waals surface area contributed by atoms with Gasteiger partial charge in [-0.1, -0.05) is 0 Å². The predicted octanol–water partition coefficient (Wildman–Crippen LogP) is -0.147. The van der Waals surface area contributed by atoms with E-state index in [9.17, 15) is 4.79 Å². The molecule has 76 valence electrons. The number of aliphatic carboxylic acids is 1. The monoisotopic (exact) mass is 208 g/mol. The Morgan fingerprint density at radius 2 is 2.46 bits per heavy atom. The molecule has 0 spiro atoms. The van der Waals surface area contributed by atoms with E-state index < -0.39 is 5.97 Å². The van der Waals surface area contributed by atoms with E-state index in [2.05, 4.69) is 4.99 Å². The summed E-state index contributed by atoms with van der Waals surface area (Å²) in [5.74, 6) is -0.926. The van der Waals surface area contributed by atoms with Gasteiger partial charge in [0.05, 0.1) is 19.5 Å². The Bertz CT molecular complexity index is 187. The van der Waals surface area contributed by atoms with Crippen LogP contribution in [-0.4, -0.2) is 55.2 Å².